The van der Waals surface area contributed by atoms with Crippen LogP contribution in [0.2, 0.25) is 0 Å². The molecule has 0 saturated heterocycles. The zero-order valence-electron chi connectivity index (χ0n) is 10.1. The predicted octanol–water partition coefficient (Wildman–Crippen LogP) is 1.99. The first kappa shape index (κ1) is 12.3. The second-order valence-electron chi connectivity index (χ2n) is 4.16. The van der Waals surface area contributed by atoms with Crippen LogP contribution in [0.15, 0.2) is 28.8 Å². The van der Waals surface area contributed by atoms with Crippen LogP contribution in [0.4, 0.5) is 0 Å². The summed E-state index contributed by atoms with van der Waals surface area (Å²) in [4.78, 5) is 14.6. The number of hydrogen-bond donors (Lipinski definition) is 1. The first-order valence-corrected chi connectivity index (χ1v) is 5.72. The van der Waals surface area contributed by atoms with E-state index in [9.17, 15) is 4.79 Å². The molecular weight excluding hydrogens is 232 g/mol. The van der Waals surface area contributed by atoms with E-state index >= 15 is 0 Å². The summed E-state index contributed by atoms with van der Waals surface area (Å²) >= 11 is 0. The number of aromatic nitrogens is 2. The summed E-state index contributed by atoms with van der Waals surface area (Å²) in [6.07, 6.45) is 0.886. The fourth-order valence-corrected chi connectivity index (χ4v) is 1.56. The molecule has 0 unspecified atom stereocenters. The van der Waals surface area contributed by atoms with Gasteiger partial charge in [0.2, 0.25) is 5.89 Å². The highest BCUT2D eigenvalue weighted by Crippen LogP contribution is 2.09. The lowest BCUT2D eigenvalue weighted by atomic mass is 10.1. The molecule has 0 amide bonds. The van der Waals surface area contributed by atoms with Crippen molar-refractivity contribution in [3.05, 3.63) is 47.1 Å². The van der Waals surface area contributed by atoms with Crippen LogP contribution < -0.4 is 0 Å². The van der Waals surface area contributed by atoms with E-state index in [1.54, 1.807) is 0 Å². The van der Waals surface area contributed by atoms with Crippen molar-refractivity contribution >= 4 is 5.97 Å². The Hall–Kier alpha value is -2.17. The Morgan fingerprint density at radius 3 is 2.72 bits per heavy atom. The lowest BCUT2D eigenvalue weighted by Crippen LogP contribution is -1.99. The van der Waals surface area contributed by atoms with Gasteiger partial charge < -0.3 is 9.63 Å². The van der Waals surface area contributed by atoms with Crippen molar-refractivity contribution in [2.45, 2.75) is 26.2 Å². The molecule has 1 N–H and O–H groups in total. The Kier molecular flexibility index (Phi) is 3.72. The molecule has 2 aromatic rings. The normalized spacial score (nSPS) is 10.5. The van der Waals surface area contributed by atoms with Crippen LogP contribution in [-0.2, 0) is 17.6 Å². The summed E-state index contributed by atoms with van der Waals surface area (Å²) in [6, 6.07) is 8.07. The van der Waals surface area contributed by atoms with Crippen LogP contribution >= 0.6 is 0 Å². The van der Waals surface area contributed by atoms with Crippen LogP contribution in [0.25, 0.3) is 0 Å². The van der Waals surface area contributed by atoms with Gasteiger partial charge >= 0.3 is 5.97 Å². The number of aliphatic carboxylic acids is 1. The number of benzene rings is 1. The van der Waals surface area contributed by atoms with E-state index < -0.39 is 5.97 Å². The third-order valence-electron chi connectivity index (χ3n) is 2.55. The van der Waals surface area contributed by atoms with Gasteiger partial charge in [-0.1, -0.05) is 35.0 Å². The number of nitrogens with zero attached hydrogens (tertiary/aromatic N) is 2. The number of hydrogen-bond acceptors (Lipinski definition) is 4. The standard InChI is InChI=1S/C13H14N2O3/c1-9-2-4-10(5-3-9)8-12-14-11(15-18-12)6-7-13(16)17/h2-5H,6-8H2,1H3,(H,16,17). The second-order valence-corrected chi connectivity index (χ2v) is 4.16. The maximum absolute atomic E-state index is 10.4. The topological polar surface area (TPSA) is 76.2 Å². The Balaban J connectivity index is 1.97. The summed E-state index contributed by atoms with van der Waals surface area (Å²) in [5.74, 6) is 0.0960. The van der Waals surface area contributed by atoms with E-state index in [-0.39, 0.29) is 6.42 Å². The van der Waals surface area contributed by atoms with Crippen LogP contribution in [0.5, 0.6) is 0 Å². The Morgan fingerprint density at radius 1 is 1.33 bits per heavy atom. The number of carboxylic acids is 1. The van der Waals surface area contributed by atoms with Gasteiger partial charge in [-0.15, -0.1) is 0 Å². The molecule has 0 atom stereocenters. The molecule has 2 rings (SSSR count). The number of aryl methyl sites for hydroxylation is 2. The largest absolute Gasteiger partial charge is 0.481 e. The number of carbonyl (C=O) groups is 1. The number of carboxylic acid groups (broad SMARTS) is 1. The van der Waals surface area contributed by atoms with E-state index in [0.717, 1.165) is 5.56 Å². The highest BCUT2D eigenvalue weighted by Gasteiger charge is 2.08. The molecule has 1 heterocycles. The van der Waals surface area contributed by atoms with Crippen LogP contribution in [-0.4, -0.2) is 21.2 Å². The van der Waals surface area contributed by atoms with E-state index in [4.69, 9.17) is 9.63 Å². The lowest BCUT2D eigenvalue weighted by Gasteiger charge is -1.96. The van der Waals surface area contributed by atoms with Crippen molar-refractivity contribution in [3.8, 4) is 0 Å². The van der Waals surface area contributed by atoms with Gasteiger partial charge in [-0.05, 0) is 12.5 Å². The van der Waals surface area contributed by atoms with E-state index in [2.05, 4.69) is 10.1 Å². The van der Waals surface area contributed by atoms with Crippen molar-refractivity contribution in [2.24, 2.45) is 0 Å². The van der Waals surface area contributed by atoms with Gasteiger partial charge in [0.05, 0.1) is 12.8 Å². The van der Waals surface area contributed by atoms with Crippen molar-refractivity contribution < 1.29 is 14.4 Å². The van der Waals surface area contributed by atoms with Crippen molar-refractivity contribution in [1.82, 2.24) is 10.1 Å². The van der Waals surface area contributed by atoms with Crippen molar-refractivity contribution in [1.29, 1.82) is 0 Å². The highest BCUT2D eigenvalue weighted by molar-refractivity contribution is 5.66. The molecule has 0 spiro atoms. The average Bonchev–Trinajstić information content (AvgIpc) is 2.77. The number of rotatable bonds is 5. The maximum Gasteiger partial charge on any atom is 0.303 e. The highest BCUT2D eigenvalue weighted by atomic mass is 16.5. The van der Waals surface area contributed by atoms with Crippen molar-refractivity contribution in [3.63, 3.8) is 0 Å². The van der Waals surface area contributed by atoms with Gasteiger partial charge in [-0.25, -0.2) is 0 Å². The van der Waals surface area contributed by atoms with Crippen LogP contribution in [0.3, 0.4) is 0 Å². The summed E-state index contributed by atoms with van der Waals surface area (Å²) in [5, 5.41) is 12.3. The minimum atomic E-state index is -0.861. The third kappa shape index (κ3) is 3.41. The molecule has 94 valence electrons. The van der Waals surface area contributed by atoms with Gasteiger partial charge in [-0.2, -0.15) is 4.98 Å². The Labute approximate surface area is 104 Å². The van der Waals surface area contributed by atoms with E-state index in [0.29, 0.717) is 24.6 Å². The molecule has 0 aliphatic carbocycles. The zero-order chi connectivity index (χ0) is 13.0. The summed E-state index contributed by atoms with van der Waals surface area (Å²) < 4.78 is 5.08. The molecule has 0 saturated carbocycles. The minimum absolute atomic E-state index is 0.0174. The molecule has 0 bridgehead atoms. The molecule has 0 aliphatic rings. The smallest absolute Gasteiger partial charge is 0.303 e. The van der Waals surface area contributed by atoms with Gasteiger partial charge in [0.1, 0.15) is 0 Å². The van der Waals surface area contributed by atoms with Crippen LogP contribution in [0.1, 0.15) is 29.3 Å². The monoisotopic (exact) mass is 246 g/mol. The SMILES string of the molecule is Cc1ccc(Cc2nc(CCC(=O)O)no2)cc1. The minimum Gasteiger partial charge on any atom is -0.481 e. The van der Waals surface area contributed by atoms with Gasteiger partial charge in [0.25, 0.3) is 0 Å². The molecular formula is C13H14N2O3. The first-order chi connectivity index (χ1) is 8.63. The molecule has 18 heavy (non-hydrogen) atoms. The molecule has 0 aliphatic heterocycles. The van der Waals surface area contributed by atoms with E-state index in [1.165, 1.54) is 5.56 Å². The van der Waals surface area contributed by atoms with Gasteiger partial charge in [-0.3, -0.25) is 4.79 Å². The molecule has 5 nitrogen and oxygen atoms in total. The molecule has 1 aromatic carbocycles. The van der Waals surface area contributed by atoms with Gasteiger partial charge in [0, 0.05) is 6.42 Å². The molecule has 1 aromatic heterocycles. The fraction of sp³-hybridized carbons (Fsp3) is 0.308. The molecule has 0 fully saturated rings. The quantitative estimate of drug-likeness (QED) is 0.873. The maximum atomic E-state index is 10.4. The third-order valence-corrected chi connectivity index (χ3v) is 2.55. The Bertz CT molecular complexity index is 531. The molecule has 0 radical (unpaired) electrons. The summed E-state index contributed by atoms with van der Waals surface area (Å²) in [5.41, 5.74) is 2.29. The van der Waals surface area contributed by atoms with E-state index in [1.807, 2.05) is 31.2 Å². The predicted molar refractivity (Wildman–Crippen MR) is 64.2 cm³/mol. The first-order valence-electron chi connectivity index (χ1n) is 5.72. The van der Waals surface area contributed by atoms with Crippen molar-refractivity contribution in [2.75, 3.05) is 0 Å². The summed E-state index contributed by atoms with van der Waals surface area (Å²) in [6.45, 7) is 2.03. The average molecular weight is 246 g/mol. The fourth-order valence-electron chi connectivity index (χ4n) is 1.56. The van der Waals surface area contributed by atoms with Crippen LogP contribution in [0, 0.1) is 6.92 Å². The Morgan fingerprint density at radius 2 is 2.06 bits per heavy atom. The zero-order valence-corrected chi connectivity index (χ0v) is 10.1. The lowest BCUT2D eigenvalue weighted by molar-refractivity contribution is -0.137. The summed E-state index contributed by atoms with van der Waals surface area (Å²) in [7, 11) is 0. The van der Waals surface area contributed by atoms with Gasteiger partial charge in [0.15, 0.2) is 5.82 Å². The second kappa shape index (κ2) is 5.44. The molecule has 5 heteroatoms.